The van der Waals surface area contributed by atoms with E-state index in [-0.39, 0.29) is 60.4 Å². The molecule has 13 heteroatoms. The van der Waals surface area contributed by atoms with Crippen molar-refractivity contribution in [3.63, 3.8) is 0 Å². The maximum Gasteiger partial charge on any atom is 0.254 e. The summed E-state index contributed by atoms with van der Waals surface area (Å²) < 4.78 is 31.7. The Hall–Kier alpha value is -5.88. The summed E-state index contributed by atoms with van der Waals surface area (Å²) in [5.74, 6) is 3.21. The molecule has 6 aliphatic rings. The van der Waals surface area contributed by atoms with Crippen LogP contribution in [0.5, 0.6) is 17.2 Å². The second-order valence-corrected chi connectivity index (χ2v) is 16.5. The Kier molecular flexibility index (Phi) is 10.2. The third kappa shape index (κ3) is 6.79. The normalized spacial score (nSPS) is 26.2. The minimum atomic E-state index is -1.59. The average Bonchev–Trinajstić information content (AvgIpc) is 4.01. The highest BCUT2D eigenvalue weighted by atomic mass is 16.7. The van der Waals surface area contributed by atoms with E-state index in [9.17, 15) is 24.9 Å². The maximum atomic E-state index is 14.8. The molecule has 4 aromatic rings. The Balaban J connectivity index is 1.19. The molecule has 312 valence electrons. The second-order valence-electron chi connectivity index (χ2n) is 16.5. The Bertz CT molecular complexity index is 2570. The van der Waals surface area contributed by atoms with Crippen molar-refractivity contribution >= 4 is 40.4 Å². The number of nitrogens with zero attached hydrogens (tertiary/aromatic N) is 2. The molecule has 0 aromatic heterocycles. The van der Waals surface area contributed by atoms with Crippen LogP contribution in [0.2, 0.25) is 0 Å². The standard InChI is InChI=1S/C48H45N3O10/c1-49-20-25-12-14-35-32(17-25)33(21-50-35)37-15-13-30-38(57-2)19-28-18-31(26-7-3-4-8-26)41-36(52)23-51-22-34-27(9-5-11-29(34)47(51)56)10-6-16-58-46-42(53)39(24-59-37)60-48(44(46)55)61-45(30)40(28)43(41)54/h5,9,11-15,17-19,21,26,37,39,42,44,46,48-49,53,55H,3-4,7-8,10,20,22-24H2,1-2H3/p+1/b15-13+/t37-,39-,42-,44-,46+,48-/m1/s1. The fourth-order valence-corrected chi connectivity index (χ4v) is 9.77. The number of hydrogen-bond donors (Lipinski definition) is 4. The monoisotopic (exact) mass is 824 g/mol. The van der Waals surface area contributed by atoms with E-state index in [0.29, 0.717) is 34.4 Å². The molecule has 4 aromatic carbocycles. The van der Waals surface area contributed by atoms with Gasteiger partial charge in [-0.3, -0.25) is 9.59 Å². The molecule has 0 radical (unpaired) electrons. The number of phenols is 1. The lowest BCUT2D eigenvalue weighted by atomic mass is 9.86. The lowest BCUT2D eigenvalue weighted by Gasteiger charge is -2.41. The van der Waals surface area contributed by atoms with Crippen LogP contribution < -0.4 is 14.8 Å². The van der Waals surface area contributed by atoms with Gasteiger partial charge >= 0.3 is 0 Å². The summed E-state index contributed by atoms with van der Waals surface area (Å²) >= 11 is 0. The first-order chi connectivity index (χ1) is 29.7. The predicted octanol–water partition coefficient (Wildman–Crippen LogP) is 5.25. The van der Waals surface area contributed by atoms with Crippen LogP contribution in [-0.4, -0.2) is 102 Å². The van der Waals surface area contributed by atoms with E-state index in [1.165, 1.54) is 12.0 Å². The van der Waals surface area contributed by atoms with Crippen LogP contribution in [0.25, 0.3) is 16.8 Å². The number of ether oxygens (including phenoxy) is 5. The molecular formula is C48H46N3O10+. The molecule has 61 heavy (non-hydrogen) atoms. The number of hydrogen-bond acceptors (Lipinski definition) is 12. The van der Waals surface area contributed by atoms with Gasteiger partial charge in [-0.2, -0.15) is 4.99 Å². The Morgan fingerprint density at radius 2 is 1.92 bits per heavy atom. The molecule has 4 N–H and O–H groups in total. The Morgan fingerprint density at radius 3 is 2.74 bits per heavy atom. The second kappa shape index (κ2) is 15.9. The van der Waals surface area contributed by atoms with Gasteiger partial charge in [-0.15, -0.1) is 0 Å². The molecular weight excluding hydrogens is 779 g/mol. The van der Waals surface area contributed by atoms with Gasteiger partial charge in [-0.1, -0.05) is 30.9 Å². The summed E-state index contributed by atoms with van der Waals surface area (Å²) in [5, 5.41) is 40.3. The highest BCUT2D eigenvalue weighted by Crippen LogP contribution is 2.49. The number of aliphatic imine (C=N–C) groups is 1. The number of methoxy groups -OCH3 is 1. The number of rotatable bonds is 5. The highest BCUT2D eigenvalue weighted by molar-refractivity contribution is 6.11. The van der Waals surface area contributed by atoms with Crippen molar-refractivity contribution in [2.75, 3.05) is 27.3 Å². The minimum absolute atomic E-state index is 0.00373. The van der Waals surface area contributed by atoms with Crippen molar-refractivity contribution in [2.24, 2.45) is 4.99 Å². The van der Waals surface area contributed by atoms with E-state index in [1.807, 2.05) is 37.4 Å². The van der Waals surface area contributed by atoms with Gasteiger partial charge in [0.15, 0.2) is 29.2 Å². The molecule has 6 atom stereocenters. The third-order valence-electron chi connectivity index (χ3n) is 12.9. The van der Waals surface area contributed by atoms with Gasteiger partial charge < -0.3 is 49.2 Å². The summed E-state index contributed by atoms with van der Waals surface area (Å²) in [5.41, 5.74) is 5.93. The van der Waals surface area contributed by atoms with E-state index in [2.05, 4.69) is 28.4 Å². The van der Waals surface area contributed by atoms with Crippen molar-refractivity contribution in [3.05, 3.63) is 105 Å². The number of Topliss-reactive ketones (excluding diaryl/α,β-unsaturated/α-hetero) is 1. The molecule has 5 heterocycles. The van der Waals surface area contributed by atoms with Crippen LogP contribution >= 0.6 is 0 Å². The van der Waals surface area contributed by atoms with Gasteiger partial charge in [-0.25, -0.2) is 0 Å². The molecule has 1 aliphatic carbocycles. The molecule has 10 rings (SSSR count). The van der Waals surface area contributed by atoms with Gasteiger partial charge in [0.25, 0.3) is 5.91 Å². The molecule has 2 fully saturated rings. The quantitative estimate of drug-likeness (QED) is 0.153. The van der Waals surface area contributed by atoms with Crippen LogP contribution in [0.15, 0.2) is 59.6 Å². The van der Waals surface area contributed by atoms with Crippen molar-refractivity contribution in [2.45, 2.75) is 87.9 Å². The van der Waals surface area contributed by atoms with Crippen molar-refractivity contribution in [1.29, 1.82) is 0 Å². The lowest BCUT2D eigenvalue weighted by molar-refractivity contribution is -0.279. The molecule has 1 amide bonds. The number of benzene rings is 4. The van der Waals surface area contributed by atoms with Crippen molar-refractivity contribution < 1.29 is 48.6 Å². The van der Waals surface area contributed by atoms with Crippen LogP contribution in [0.3, 0.4) is 0 Å². The van der Waals surface area contributed by atoms with E-state index >= 15 is 0 Å². The molecule has 5 aliphatic heterocycles. The number of fused-ring (bicyclic) bond motifs is 5. The van der Waals surface area contributed by atoms with E-state index in [0.717, 1.165) is 59.5 Å². The number of amides is 1. The number of phenolic OH excluding ortho intramolecular Hbond substituents is 1. The molecule has 1 saturated carbocycles. The fourth-order valence-electron chi connectivity index (χ4n) is 9.77. The van der Waals surface area contributed by atoms with Crippen LogP contribution in [0.1, 0.15) is 85.7 Å². The summed E-state index contributed by atoms with van der Waals surface area (Å²) in [6.07, 6.45) is 4.24. The number of carbonyl (C=O) groups excluding carboxylic acids is 2. The van der Waals surface area contributed by atoms with Gasteiger partial charge in [0, 0.05) is 36.7 Å². The van der Waals surface area contributed by atoms with Crippen LogP contribution in [0.4, 0.5) is 5.69 Å². The highest BCUT2D eigenvalue weighted by Gasteiger charge is 2.49. The molecule has 13 nitrogen and oxygen atoms in total. The molecule has 1 saturated heterocycles. The Labute approximate surface area is 352 Å². The van der Waals surface area contributed by atoms with E-state index < -0.39 is 42.6 Å². The first-order valence-corrected chi connectivity index (χ1v) is 20.9. The SMILES string of the molecule is CNCc1ccc2c(c1)[C+]([C@H]1/C=C/c3c(OC)cc4cc(C5CCCC5)c5c(O)c4c3O[C@H]3O[C@H](CO1)[C@@H](O)[C@H](OC#CCc1cccc4c1CN(CC5=O)C4=O)[C@H]3O)C=N2. The smallest absolute Gasteiger partial charge is 0.254 e. The third-order valence-corrected chi connectivity index (χ3v) is 12.9. The number of ketones is 1. The lowest BCUT2D eigenvalue weighted by Crippen LogP contribution is -2.61. The zero-order valence-electron chi connectivity index (χ0n) is 33.9. The fraction of sp³-hybridized carbons (Fsp3) is 0.375. The van der Waals surface area contributed by atoms with Crippen LogP contribution in [-0.2, 0) is 33.7 Å². The molecule has 0 unspecified atom stereocenters. The number of aliphatic hydroxyl groups is 2. The zero-order chi connectivity index (χ0) is 41.9. The van der Waals surface area contributed by atoms with Gasteiger partial charge in [0.05, 0.1) is 42.8 Å². The number of carbonyl (C=O) groups is 2. The largest absolute Gasteiger partial charge is 0.506 e. The number of nitrogens with one attached hydrogen (secondary N) is 1. The summed E-state index contributed by atoms with van der Waals surface area (Å²) in [6.45, 7) is 0.426. The molecule has 8 bridgehead atoms. The zero-order valence-corrected chi connectivity index (χ0v) is 33.9. The van der Waals surface area contributed by atoms with Gasteiger partial charge in [0.1, 0.15) is 53.8 Å². The van der Waals surface area contributed by atoms with Crippen molar-refractivity contribution in [1.82, 2.24) is 10.2 Å². The van der Waals surface area contributed by atoms with E-state index in [4.69, 9.17) is 23.7 Å². The number of aromatic hydroxyl groups is 1. The first kappa shape index (κ1) is 39.3. The van der Waals surface area contributed by atoms with E-state index in [1.54, 1.807) is 30.5 Å². The summed E-state index contributed by atoms with van der Waals surface area (Å²) in [6, 6.07) is 15.1. The van der Waals surface area contributed by atoms with Gasteiger partial charge in [-0.05, 0) is 84.3 Å². The summed E-state index contributed by atoms with van der Waals surface area (Å²) in [4.78, 5) is 34.8. The summed E-state index contributed by atoms with van der Waals surface area (Å²) in [7, 11) is 3.41. The topological polar surface area (TPSA) is 169 Å². The Morgan fingerprint density at radius 1 is 1.07 bits per heavy atom. The number of aliphatic hydroxyl groups excluding tert-OH is 2. The first-order valence-electron chi connectivity index (χ1n) is 20.9. The van der Waals surface area contributed by atoms with Gasteiger partial charge in [0.2, 0.25) is 6.29 Å². The minimum Gasteiger partial charge on any atom is -0.506 e. The van der Waals surface area contributed by atoms with Crippen LogP contribution in [0, 0.1) is 17.9 Å². The maximum absolute atomic E-state index is 14.8. The predicted molar refractivity (Wildman–Crippen MR) is 225 cm³/mol. The van der Waals surface area contributed by atoms with Crippen molar-refractivity contribution in [3.8, 4) is 29.3 Å². The average molecular weight is 825 g/mol. The molecule has 0 spiro atoms.